The number of nitrogens with one attached hydrogen (secondary N) is 1. The van der Waals surface area contributed by atoms with Crippen LogP contribution in [0.4, 0.5) is 10.5 Å². The zero-order valence-electron chi connectivity index (χ0n) is 16.5. The molecule has 9 nitrogen and oxygen atoms in total. The van der Waals surface area contributed by atoms with E-state index in [0.29, 0.717) is 12.1 Å². The number of amides is 4. The van der Waals surface area contributed by atoms with Crippen molar-refractivity contribution in [2.24, 2.45) is 0 Å². The van der Waals surface area contributed by atoms with Crippen LogP contribution in [-0.4, -0.2) is 73.6 Å². The van der Waals surface area contributed by atoms with E-state index in [0.717, 1.165) is 4.90 Å². The van der Waals surface area contributed by atoms with E-state index in [9.17, 15) is 22.8 Å². The van der Waals surface area contributed by atoms with Crippen molar-refractivity contribution in [3.8, 4) is 0 Å². The van der Waals surface area contributed by atoms with E-state index < -0.39 is 10.0 Å². The Morgan fingerprint density at radius 1 is 1.21 bits per heavy atom. The van der Waals surface area contributed by atoms with Gasteiger partial charge >= 0.3 is 6.03 Å². The van der Waals surface area contributed by atoms with Gasteiger partial charge in [0, 0.05) is 38.8 Å². The lowest BCUT2D eigenvalue weighted by Gasteiger charge is -2.21. The highest BCUT2D eigenvalue weighted by atomic mass is 32.2. The molecule has 1 N–H and O–H groups in total. The average molecular weight is 410 g/mol. The van der Waals surface area contributed by atoms with E-state index >= 15 is 0 Å². The van der Waals surface area contributed by atoms with Gasteiger partial charge in [0.2, 0.25) is 21.8 Å². The van der Waals surface area contributed by atoms with Crippen LogP contribution in [0.15, 0.2) is 29.2 Å². The number of anilines is 1. The van der Waals surface area contributed by atoms with Gasteiger partial charge in [-0.15, -0.1) is 0 Å². The molecule has 10 heteroatoms. The second-order valence-electron chi connectivity index (χ2n) is 6.98. The monoisotopic (exact) mass is 410 g/mol. The van der Waals surface area contributed by atoms with Crippen molar-refractivity contribution in [3.05, 3.63) is 24.3 Å². The molecule has 2 rings (SSSR count). The lowest BCUT2D eigenvalue weighted by atomic mass is 10.2. The zero-order chi connectivity index (χ0) is 21.1. The number of rotatable bonds is 8. The summed E-state index contributed by atoms with van der Waals surface area (Å²) in [4.78, 5) is 38.1. The second kappa shape index (κ2) is 8.70. The van der Waals surface area contributed by atoms with Gasteiger partial charge in [0.15, 0.2) is 0 Å². The minimum absolute atomic E-state index is 0.0618. The van der Waals surface area contributed by atoms with Crippen molar-refractivity contribution in [2.75, 3.05) is 32.5 Å². The first kappa shape index (κ1) is 21.8. The normalized spacial score (nSPS) is 15.1. The van der Waals surface area contributed by atoms with E-state index in [-0.39, 0.29) is 48.3 Å². The number of urea groups is 1. The number of nitrogens with zero attached hydrogens (tertiary/aromatic N) is 3. The highest BCUT2D eigenvalue weighted by molar-refractivity contribution is 7.89. The Bertz CT molecular complexity index is 851. The predicted molar refractivity (Wildman–Crippen MR) is 104 cm³/mol. The number of benzene rings is 1. The molecule has 0 aromatic heterocycles. The van der Waals surface area contributed by atoms with E-state index in [1.54, 1.807) is 20.9 Å². The van der Waals surface area contributed by atoms with Gasteiger partial charge in [-0.3, -0.25) is 14.5 Å². The zero-order valence-corrected chi connectivity index (χ0v) is 17.3. The molecule has 1 fully saturated rings. The summed E-state index contributed by atoms with van der Waals surface area (Å²) in [6.07, 6.45) is 0.486. The molecule has 0 bridgehead atoms. The Labute approximate surface area is 165 Å². The molecule has 0 unspecified atom stereocenters. The summed E-state index contributed by atoms with van der Waals surface area (Å²) in [6.45, 7) is 3.82. The van der Waals surface area contributed by atoms with E-state index in [2.05, 4.69) is 5.32 Å². The summed E-state index contributed by atoms with van der Waals surface area (Å²) < 4.78 is 26.1. The number of carbonyl (C=O) groups is 3. The summed E-state index contributed by atoms with van der Waals surface area (Å²) in [5.74, 6) is -0.543. The maximum Gasteiger partial charge on any atom is 0.326 e. The van der Waals surface area contributed by atoms with E-state index in [1.165, 1.54) is 40.5 Å². The molecular weight excluding hydrogens is 384 g/mol. The smallest absolute Gasteiger partial charge is 0.326 e. The fraction of sp³-hybridized carbons (Fsp3) is 0.500. The number of sulfonamides is 1. The maximum absolute atomic E-state index is 12.4. The molecule has 0 radical (unpaired) electrons. The number of imide groups is 1. The first-order valence-electron chi connectivity index (χ1n) is 8.97. The third kappa shape index (κ3) is 4.87. The Morgan fingerprint density at radius 3 is 2.32 bits per heavy atom. The average Bonchev–Trinajstić information content (AvgIpc) is 2.87. The third-order valence-electron chi connectivity index (χ3n) is 4.56. The van der Waals surface area contributed by atoms with Gasteiger partial charge in [0.25, 0.3) is 0 Å². The van der Waals surface area contributed by atoms with Gasteiger partial charge < -0.3 is 10.2 Å². The summed E-state index contributed by atoms with van der Waals surface area (Å²) in [5.41, 5.74) is 0.476. The van der Waals surface area contributed by atoms with Crippen LogP contribution >= 0.6 is 0 Å². The van der Waals surface area contributed by atoms with Gasteiger partial charge in [-0.05, 0) is 44.5 Å². The molecule has 0 aliphatic carbocycles. The Hall–Kier alpha value is -2.46. The van der Waals surface area contributed by atoms with Crippen molar-refractivity contribution < 1.29 is 22.8 Å². The lowest BCUT2D eigenvalue weighted by Crippen LogP contribution is -2.33. The summed E-state index contributed by atoms with van der Waals surface area (Å²) in [6, 6.07) is 5.43. The lowest BCUT2D eigenvalue weighted by molar-refractivity contribution is -0.125. The van der Waals surface area contributed by atoms with Gasteiger partial charge in [-0.25, -0.2) is 13.2 Å². The molecule has 0 saturated carbocycles. The van der Waals surface area contributed by atoms with Crippen LogP contribution in [0, 0.1) is 0 Å². The highest BCUT2D eigenvalue weighted by Crippen LogP contribution is 2.19. The summed E-state index contributed by atoms with van der Waals surface area (Å²) in [7, 11) is -0.506. The Kier molecular flexibility index (Phi) is 6.78. The second-order valence-corrected chi connectivity index (χ2v) is 8.97. The van der Waals surface area contributed by atoms with Crippen LogP contribution in [0.2, 0.25) is 0 Å². The maximum atomic E-state index is 12.4. The van der Waals surface area contributed by atoms with Gasteiger partial charge in [0.05, 0.1) is 4.90 Å². The van der Waals surface area contributed by atoms with Crippen LogP contribution in [0.25, 0.3) is 0 Å². The third-order valence-corrected chi connectivity index (χ3v) is 6.61. The molecule has 154 valence electrons. The SMILES string of the molecule is CC(C)N(C)S(=O)(=O)c1ccc(NC(=O)CCCN2C(=O)CN(C)C2=O)cc1. The van der Waals surface area contributed by atoms with Gasteiger partial charge in [0.1, 0.15) is 6.54 Å². The standard InChI is InChI=1S/C18H26N4O5S/c1-13(2)21(4)28(26,27)15-9-7-14(8-10-15)19-16(23)6-5-11-22-17(24)12-20(3)18(22)25/h7-10,13H,5-6,11-12H2,1-4H3,(H,19,23). The molecule has 1 saturated heterocycles. The first-order chi connectivity index (χ1) is 13.0. The van der Waals surface area contributed by atoms with Crippen LogP contribution in [0.5, 0.6) is 0 Å². The van der Waals surface area contributed by atoms with Crippen LogP contribution in [0.3, 0.4) is 0 Å². The largest absolute Gasteiger partial charge is 0.326 e. The minimum Gasteiger partial charge on any atom is -0.326 e. The van der Waals surface area contributed by atoms with Gasteiger partial charge in [-0.1, -0.05) is 0 Å². The number of hydrogen-bond acceptors (Lipinski definition) is 5. The van der Waals surface area contributed by atoms with Gasteiger partial charge in [-0.2, -0.15) is 4.31 Å². The summed E-state index contributed by atoms with van der Waals surface area (Å²) >= 11 is 0. The van der Waals surface area contributed by atoms with Crippen molar-refractivity contribution in [2.45, 2.75) is 37.6 Å². The molecule has 1 aliphatic heterocycles. The van der Waals surface area contributed by atoms with Crippen molar-refractivity contribution in [1.29, 1.82) is 0 Å². The molecule has 28 heavy (non-hydrogen) atoms. The van der Waals surface area contributed by atoms with Crippen molar-refractivity contribution >= 4 is 33.6 Å². The highest BCUT2D eigenvalue weighted by Gasteiger charge is 2.32. The number of carbonyl (C=O) groups excluding carboxylic acids is 3. The molecule has 1 aromatic rings. The predicted octanol–water partition coefficient (Wildman–Crippen LogP) is 1.33. The van der Waals surface area contributed by atoms with Crippen molar-refractivity contribution in [3.63, 3.8) is 0 Å². The van der Waals surface area contributed by atoms with E-state index in [1.807, 2.05) is 0 Å². The Balaban J connectivity index is 1.88. The fourth-order valence-electron chi connectivity index (χ4n) is 2.66. The molecule has 4 amide bonds. The number of likely N-dealkylation sites (N-methyl/N-ethyl adjacent to an activating group) is 1. The van der Waals surface area contributed by atoms with Crippen LogP contribution < -0.4 is 5.32 Å². The minimum atomic E-state index is -3.57. The molecule has 1 aromatic carbocycles. The Morgan fingerprint density at radius 2 is 1.82 bits per heavy atom. The fourth-order valence-corrected chi connectivity index (χ4v) is 4.03. The molecule has 0 spiro atoms. The topological polar surface area (TPSA) is 107 Å². The van der Waals surface area contributed by atoms with Crippen LogP contribution in [-0.2, 0) is 19.6 Å². The van der Waals surface area contributed by atoms with Crippen LogP contribution in [0.1, 0.15) is 26.7 Å². The molecule has 1 aliphatic rings. The van der Waals surface area contributed by atoms with Crippen molar-refractivity contribution in [1.82, 2.24) is 14.1 Å². The molecule has 1 heterocycles. The van der Waals surface area contributed by atoms with E-state index in [4.69, 9.17) is 0 Å². The number of hydrogen-bond donors (Lipinski definition) is 1. The quantitative estimate of drug-likeness (QED) is 0.651. The first-order valence-corrected chi connectivity index (χ1v) is 10.4. The summed E-state index contributed by atoms with van der Waals surface area (Å²) in [5, 5.41) is 2.68. The molecule has 0 atom stereocenters. The molecular formula is C18H26N4O5S.